The van der Waals surface area contributed by atoms with Gasteiger partial charge in [-0.25, -0.2) is 13.2 Å². The molecule has 0 bridgehead atoms. The Morgan fingerprint density at radius 3 is 2.31 bits per heavy atom. The van der Waals surface area contributed by atoms with Crippen LogP contribution in [0.15, 0.2) is 70.4 Å². The monoisotopic (exact) mass is 758 g/mol. The van der Waals surface area contributed by atoms with Crippen LogP contribution in [0.3, 0.4) is 0 Å². The minimum Gasteiger partial charge on any atom is -0.444 e. The molecule has 2 fully saturated rings. The molecule has 3 amide bonds. The lowest BCUT2D eigenvalue weighted by molar-refractivity contribution is -0.130. The fourth-order valence-corrected chi connectivity index (χ4v) is 8.76. The van der Waals surface area contributed by atoms with Crippen LogP contribution in [0.1, 0.15) is 70.4 Å². The number of H-pyrrole nitrogens is 2. The molecule has 1 atom stereocenters. The fraction of sp³-hybridized carbons (Fsp3) is 0.450. The van der Waals surface area contributed by atoms with E-state index in [0.717, 1.165) is 47.9 Å². The number of fused-ring (bicyclic) bond motifs is 1. The van der Waals surface area contributed by atoms with Crippen molar-refractivity contribution in [3.8, 4) is 11.1 Å². The standard InChI is InChI=1S/C40H50N6O7S/c1-25-7-17-31(54(51,52)46-19-5-6-20-46)23-33(25)28-12-8-26(9-13-28)21-35(38(49)42-30-16-18-32-34(22-30)44-45-37(32)48)43-36(47)29-14-10-27(11-15-29)24-41-39(50)53-40(2,3)4/h7-9,12-13,16-18,22-23,27,29,35H,5-6,10-11,14-15,19-21,24H2,1-4H3,(H,41,50)(H,42,49)(H,43,47)(H2,44,45,48)/t27?,29?,35-/m0/s1. The fourth-order valence-electron chi connectivity index (χ4n) is 7.22. The van der Waals surface area contributed by atoms with Crippen LogP contribution in [-0.4, -0.2) is 72.1 Å². The summed E-state index contributed by atoms with van der Waals surface area (Å²) in [6, 6.07) is 16.8. The summed E-state index contributed by atoms with van der Waals surface area (Å²) in [6.07, 6.45) is 4.22. The number of rotatable bonds is 11. The highest BCUT2D eigenvalue weighted by molar-refractivity contribution is 7.89. The summed E-state index contributed by atoms with van der Waals surface area (Å²) in [4.78, 5) is 51.9. The van der Waals surface area contributed by atoms with Crippen LogP contribution in [0.5, 0.6) is 0 Å². The molecular formula is C40H50N6O7S. The van der Waals surface area contributed by atoms with Crippen LogP contribution in [0.2, 0.25) is 0 Å². The van der Waals surface area contributed by atoms with Crippen molar-refractivity contribution < 1.29 is 27.5 Å². The number of aromatic amines is 2. The molecule has 5 N–H and O–H groups in total. The molecule has 1 aliphatic heterocycles. The summed E-state index contributed by atoms with van der Waals surface area (Å²) in [7, 11) is -3.59. The molecule has 13 nitrogen and oxygen atoms in total. The van der Waals surface area contributed by atoms with E-state index in [9.17, 15) is 27.6 Å². The third-order valence-corrected chi connectivity index (χ3v) is 12.1. The highest BCUT2D eigenvalue weighted by Gasteiger charge is 2.31. The van der Waals surface area contributed by atoms with Crippen LogP contribution in [0, 0.1) is 18.8 Å². The molecule has 1 aromatic heterocycles. The summed E-state index contributed by atoms with van der Waals surface area (Å²) in [5.41, 5.74) is 3.55. The third kappa shape index (κ3) is 9.40. The Balaban J connectivity index is 1.15. The number of sulfonamides is 1. The zero-order valence-corrected chi connectivity index (χ0v) is 32.1. The maximum atomic E-state index is 13.8. The number of nitrogens with zero attached hydrogens (tertiary/aromatic N) is 1. The van der Waals surface area contributed by atoms with Crippen molar-refractivity contribution in [1.82, 2.24) is 25.1 Å². The number of alkyl carbamates (subject to hydrolysis) is 1. The van der Waals surface area contributed by atoms with Crippen molar-refractivity contribution in [3.63, 3.8) is 0 Å². The summed E-state index contributed by atoms with van der Waals surface area (Å²) >= 11 is 0. The second-order valence-electron chi connectivity index (χ2n) is 15.5. The Bertz CT molecular complexity index is 2160. The van der Waals surface area contributed by atoms with Gasteiger partial charge in [0.2, 0.25) is 21.8 Å². The molecule has 0 radical (unpaired) electrons. The molecule has 54 heavy (non-hydrogen) atoms. The van der Waals surface area contributed by atoms with Crippen LogP contribution in [0.4, 0.5) is 10.5 Å². The molecule has 2 heterocycles. The molecule has 0 unspecified atom stereocenters. The Labute approximate surface area is 315 Å². The number of nitrogens with one attached hydrogen (secondary N) is 5. The molecule has 14 heteroatoms. The minimum atomic E-state index is -3.59. The number of carbonyl (C=O) groups excluding carboxylic acids is 3. The van der Waals surface area contributed by atoms with Crippen molar-refractivity contribution in [3.05, 3.63) is 82.1 Å². The Morgan fingerprint density at radius 1 is 0.926 bits per heavy atom. The van der Waals surface area contributed by atoms with E-state index in [-0.39, 0.29) is 34.6 Å². The lowest BCUT2D eigenvalue weighted by Gasteiger charge is -2.29. The molecule has 6 rings (SSSR count). The van der Waals surface area contributed by atoms with Crippen LogP contribution in [-0.2, 0) is 30.8 Å². The van der Waals surface area contributed by atoms with Gasteiger partial charge in [-0.2, -0.15) is 4.31 Å². The smallest absolute Gasteiger partial charge is 0.407 e. The van der Waals surface area contributed by atoms with E-state index in [4.69, 9.17) is 4.74 Å². The van der Waals surface area contributed by atoms with Gasteiger partial charge in [-0.05, 0) is 125 Å². The molecule has 4 aromatic rings. The topological polar surface area (TPSA) is 183 Å². The van der Waals surface area contributed by atoms with Gasteiger partial charge in [-0.3, -0.25) is 24.6 Å². The number of aromatic nitrogens is 2. The van der Waals surface area contributed by atoms with Crippen molar-refractivity contribution >= 4 is 44.5 Å². The lowest BCUT2D eigenvalue weighted by Crippen LogP contribution is -2.48. The average molecular weight is 759 g/mol. The molecule has 288 valence electrons. The first-order chi connectivity index (χ1) is 25.7. The normalized spacial score (nSPS) is 18.6. The van der Waals surface area contributed by atoms with Gasteiger partial charge in [0.15, 0.2) is 0 Å². The van der Waals surface area contributed by atoms with Crippen molar-refractivity contribution in [2.45, 2.75) is 89.2 Å². The van der Waals surface area contributed by atoms with Crippen molar-refractivity contribution in [2.75, 3.05) is 25.0 Å². The minimum absolute atomic E-state index is 0.206. The maximum absolute atomic E-state index is 13.8. The summed E-state index contributed by atoms with van der Waals surface area (Å²) in [5, 5.41) is 14.6. The van der Waals surface area contributed by atoms with Crippen molar-refractivity contribution in [2.24, 2.45) is 11.8 Å². The van der Waals surface area contributed by atoms with Crippen LogP contribution >= 0.6 is 0 Å². The quantitative estimate of drug-likeness (QED) is 0.132. The van der Waals surface area contributed by atoms with Crippen molar-refractivity contribution in [1.29, 1.82) is 0 Å². The first-order valence-electron chi connectivity index (χ1n) is 18.6. The summed E-state index contributed by atoms with van der Waals surface area (Å²) < 4.78 is 33.5. The van der Waals surface area contributed by atoms with Gasteiger partial charge >= 0.3 is 6.09 Å². The molecule has 1 aliphatic carbocycles. The van der Waals surface area contributed by atoms with E-state index in [2.05, 4.69) is 26.1 Å². The Kier molecular flexibility index (Phi) is 11.6. The van der Waals surface area contributed by atoms with E-state index in [1.807, 2.05) is 58.0 Å². The highest BCUT2D eigenvalue weighted by atomic mass is 32.2. The third-order valence-electron chi connectivity index (χ3n) is 10.2. The Morgan fingerprint density at radius 2 is 1.63 bits per heavy atom. The molecule has 3 aromatic carbocycles. The first kappa shape index (κ1) is 38.8. The highest BCUT2D eigenvalue weighted by Crippen LogP contribution is 2.31. The van der Waals surface area contributed by atoms with Gasteiger partial charge in [0, 0.05) is 37.7 Å². The lowest BCUT2D eigenvalue weighted by atomic mass is 9.81. The van der Waals surface area contributed by atoms with Crippen LogP contribution < -0.4 is 21.5 Å². The van der Waals surface area contributed by atoms with E-state index < -0.39 is 33.7 Å². The largest absolute Gasteiger partial charge is 0.444 e. The molecular weight excluding hydrogens is 709 g/mol. The Hall–Kier alpha value is -4.95. The number of hydrogen-bond acceptors (Lipinski definition) is 7. The molecule has 1 saturated carbocycles. The first-order valence-corrected chi connectivity index (χ1v) is 20.1. The summed E-state index contributed by atoms with van der Waals surface area (Å²) in [5.74, 6) is -0.676. The van der Waals surface area contributed by atoms with Gasteiger partial charge in [0.25, 0.3) is 5.56 Å². The number of anilines is 1. The average Bonchev–Trinajstić information content (AvgIpc) is 3.81. The number of carbonyl (C=O) groups is 3. The number of amides is 3. The van der Waals surface area contributed by atoms with Gasteiger partial charge in [0.1, 0.15) is 11.6 Å². The van der Waals surface area contributed by atoms with E-state index in [1.165, 1.54) is 4.31 Å². The SMILES string of the molecule is Cc1ccc(S(=O)(=O)N2CCCC2)cc1-c1ccc(C[C@H](NC(=O)C2CCC(CNC(=O)OC(C)(C)C)CC2)C(=O)Nc2ccc3c(=O)[nH][nH]c3c2)cc1. The van der Waals surface area contributed by atoms with E-state index in [1.54, 1.807) is 30.3 Å². The zero-order chi connectivity index (χ0) is 38.6. The number of aryl methyl sites for hydroxylation is 1. The van der Waals surface area contributed by atoms with Gasteiger partial charge in [0.05, 0.1) is 15.8 Å². The van der Waals surface area contributed by atoms with E-state index >= 15 is 0 Å². The van der Waals surface area contributed by atoms with E-state index in [0.29, 0.717) is 49.1 Å². The predicted octanol–water partition coefficient (Wildman–Crippen LogP) is 5.61. The second-order valence-corrected chi connectivity index (χ2v) is 17.4. The number of ether oxygens (including phenoxy) is 1. The molecule has 1 saturated heterocycles. The van der Waals surface area contributed by atoms with Gasteiger partial charge < -0.3 is 20.7 Å². The molecule has 2 aliphatic rings. The summed E-state index contributed by atoms with van der Waals surface area (Å²) in [6.45, 7) is 8.91. The molecule has 0 spiro atoms. The van der Waals surface area contributed by atoms with Crippen LogP contribution in [0.25, 0.3) is 22.0 Å². The maximum Gasteiger partial charge on any atom is 0.407 e. The zero-order valence-electron chi connectivity index (χ0n) is 31.3. The predicted molar refractivity (Wildman–Crippen MR) is 207 cm³/mol. The van der Waals surface area contributed by atoms with Gasteiger partial charge in [-0.1, -0.05) is 30.3 Å². The number of hydrogen-bond donors (Lipinski definition) is 5. The second kappa shape index (κ2) is 16.2. The van der Waals surface area contributed by atoms with Gasteiger partial charge in [-0.15, -0.1) is 0 Å². The number of benzene rings is 3.